The summed E-state index contributed by atoms with van der Waals surface area (Å²) in [6, 6.07) is 8.79. The molecule has 2 aromatic carbocycles. The summed E-state index contributed by atoms with van der Waals surface area (Å²) in [5, 5.41) is 2.23. The van der Waals surface area contributed by atoms with E-state index in [4.69, 9.17) is 16.3 Å². The molecule has 144 valence electrons. The van der Waals surface area contributed by atoms with Gasteiger partial charge in [0.15, 0.2) is 17.7 Å². The molecule has 0 saturated heterocycles. The van der Waals surface area contributed by atoms with Crippen molar-refractivity contribution in [3.05, 3.63) is 70.2 Å². The van der Waals surface area contributed by atoms with Crippen molar-refractivity contribution in [1.29, 1.82) is 0 Å². The van der Waals surface area contributed by atoms with Crippen molar-refractivity contribution < 1.29 is 23.1 Å². The van der Waals surface area contributed by atoms with Gasteiger partial charge >= 0.3 is 5.97 Å². The van der Waals surface area contributed by atoms with E-state index in [0.29, 0.717) is 30.0 Å². The highest BCUT2D eigenvalue weighted by atomic mass is 35.5. The fourth-order valence-electron chi connectivity index (χ4n) is 2.31. The summed E-state index contributed by atoms with van der Waals surface area (Å²) in [4.78, 5) is 25.0. The van der Waals surface area contributed by atoms with Gasteiger partial charge in [0.1, 0.15) is 0 Å². The normalized spacial score (nSPS) is 11.9. The highest BCUT2D eigenvalue weighted by Gasteiger charge is 2.26. The third-order valence-electron chi connectivity index (χ3n) is 3.84. The van der Waals surface area contributed by atoms with Crippen molar-refractivity contribution in [3.63, 3.8) is 0 Å². The van der Waals surface area contributed by atoms with E-state index in [9.17, 15) is 18.4 Å². The Morgan fingerprint density at radius 1 is 1.11 bits per heavy atom. The van der Waals surface area contributed by atoms with Crippen LogP contribution in [0.1, 0.15) is 42.2 Å². The lowest BCUT2D eigenvalue weighted by molar-refractivity contribution is -0.146. The molecule has 0 saturated carbocycles. The smallest absolute Gasteiger partial charge is 0.333 e. The molecule has 0 spiro atoms. The third kappa shape index (κ3) is 5.76. The first kappa shape index (κ1) is 20.8. The lowest BCUT2D eigenvalue weighted by Crippen LogP contribution is -2.35. The highest BCUT2D eigenvalue weighted by molar-refractivity contribution is 6.33. The average molecular weight is 396 g/mol. The van der Waals surface area contributed by atoms with Gasteiger partial charge in [-0.05, 0) is 30.0 Å². The minimum Gasteiger partial charge on any atom is -0.464 e. The molecule has 7 heteroatoms. The predicted molar refractivity (Wildman–Crippen MR) is 98.4 cm³/mol. The molecule has 2 rings (SSSR count). The molecule has 1 N–H and O–H groups in total. The minimum absolute atomic E-state index is 0.210. The second-order valence-corrected chi connectivity index (χ2v) is 6.82. The predicted octanol–water partition coefficient (Wildman–Crippen LogP) is 4.68. The van der Waals surface area contributed by atoms with Crippen LogP contribution in [0.4, 0.5) is 8.78 Å². The van der Waals surface area contributed by atoms with Crippen molar-refractivity contribution in [2.75, 3.05) is 6.61 Å². The summed E-state index contributed by atoms with van der Waals surface area (Å²) in [7, 11) is 0. The number of carbonyl (C=O) groups excluding carboxylic acids is 2. The van der Waals surface area contributed by atoms with Gasteiger partial charge in [-0.15, -0.1) is 0 Å². The van der Waals surface area contributed by atoms with Crippen molar-refractivity contribution in [1.82, 2.24) is 5.32 Å². The summed E-state index contributed by atoms with van der Waals surface area (Å²) in [5.74, 6) is -3.48. The summed E-state index contributed by atoms with van der Waals surface area (Å²) in [6.45, 7) is 4.20. The van der Waals surface area contributed by atoms with E-state index in [1.807, 2.05) is 13.8 Å². The zero-order valence-corrected chi connectivity index (χ0v) is 15.7. The van der Waals surface area contributed by atoms with Crippen molar-refractivity contribution in [2.24, 2.45) is 5.92 Å². The van der Waals surface area contributed by atoms with Gasteiger partial charge in [-0.2, -0.15) is 0 Å². The molecule has 0 unspecified atom stereocenters. The Morgan fingerprint density at radius 3 is 2.37 bits per heavy atom. The summed E-state index contributed by atoms with van der Waals surface area (Å²) >= 11 is 5.84. The van der Waals surface area contributed by atoms with Crippen LogP contribution in [0, 0.1) is 17.6 Å². The number of esters is 1. The van der Waals surface area contributed by atoms with E-state index < -0.39 is 29.6 Å². The van der Waals surface area contributed by atoms with Crippen LogP contribution < -0.4 is 5.32 Å². The molecule has 0 heterocycles. The summed E-state index contributed by atoms with van der Waals surface area (Å²) in [6.07, 6.45) is 0.677. The Labute approximate surface area is 161 Å². The number of ether oxygens (including phenoxy) is 1. The lowest BCUT2D eigenvalue weighted by Gasteiger charge is -2.19. The summed E-state index contributed by atoms with van der Waals surface area (Å²) < 4.78 is 32.0. The van der Waals surface area contributed by atoms with Crippen molar-refractivity contribution >= 4 is 23.5 Å². The maximum Gasteiger partial charge on any atom is 0.333 e. The second kappa shape index (κ2) is 9.46. The molecule has 0 bridgehead atoms. The van der Waals surface area contributed by atoms with Gasteiger partial charge in [0.2, 0.25) is 0 Å². The van der Waals surface area contributed by atoms with Gasteiger partial charge in [-0.3, -0.25) is 4.79 Å². The van der Waals surface area contributed by atoms with E-state index in [2.05, 4.69) is 5.32 Å². The van der Waals surface area contributed by atoms with Crippen molar-refractivity contribution in [2.45, 2.75) is 26.3 Å². The molecule has 0 fully saturated rings. The summed E-state index contributed by atoms with van der Waals surface area (Å²) in [5.41, 5.74) is 0.227. The van der Waals surface area contributed by atoms with Gasteiger partial charge in [0.05, 0.1) is 17.2 Å². The monoisotopic (exact) mass is 395 g/mol. The first-order chi connectivity index (χ1) is 12.8. The molecular weight excluding hydrogens is 376 g/mol. The standard InChI is InChI=1S/C20H20ClF2NO3/c1-12(2)8-9-27-20(26)18(13-6-4-3-5-7-13)24-19(25)14-10-16(22)17(23)11-15(14)21/h3-7,10-12,18H,8-9H2,1-2H3,(H,24,25)/t18-/m1/s1. The Balaban J connectivity index is 2.22. The van der Waals surface area contributed by atoms with Crippen LogP contribution in [0.25, 0.3) is 0 Å². The number of amides is 1. The molecular formula is C20H20ClF2NO3. The van der Waals surface area contributed by atoms with Crippen LogP contribution in [-0.4, -0.2) is 18.5 Å². The topological polar surface area (TPSA) is 55.4 Å². The van der Waals surface area contributed by atoms with Gasteiger partial charge < -0.3 is 10.1 Å². The zero-order chi connectivity index (χ0) is 20.0. The van der Waals surface area contributed by atoms with Crippen LogP contribution >= 0.6 is 11.6 Å². The SMILES string of the molecule is CC(C)CCOC(=O)[C@H](NC(=O)c1cc(F)c(F)cc1Cl)c1ccccc1. The number of nitrogens with one attached hydrogen (secondary N) is 1. The van der Waals surface area contributed by atoms with Crippen LogP contribution in [0.15, 0.2) is 42.5 Å². The molecule has 1 atom stereocenters. The molecule has 27 heavy (non-hydrogen) atoms. The van der Waals surface area contributed by atoms with Crippen LogP contribution in [0.2, 0.25) is 5.02 Å². The molecule has 0 radical (unpaired) electrons. The lowest BCUT2D eigenvalue weighted by atomic mass is 10.1. The van der Waals surface area contributed by atoms with Gasteiger partial charge in [0.25, 0.3) is 5.91 Å². The molecule has 0 aromatic heterocycles. The van der Waals surface area contributed by atoms with E-state index in [1.165, 1.54) is 0 Å². The number of benzene rings is 2. The van der Waals surface area contributed by atoms with Crippen LogP contribution in [0.3, 0.4) is 0 Å². The number of carbonyl (C=O) groups is 2. The highest BCUT2D eigenvalue weighted by Crippen LogP contribution is 2.22. The van der Waals surface area contributed by atoms with Gasteiger partial charge in [-0.1, -0.05) is 55.8 Å². The molecule has 0 aliphatic heterocycles. The maximum atomic E-state index is 13.5. The number of rotatable bonds is 7. The Hall–Kier alpha value is -2.47. The number of hydrogen-bond acceptors (Lipinski definition) is 3. The van der Waals surface area contributed by atoms with Crippen molar-refractivity contribution in [3.8, 4) is 0 Å². The molecule has 0 aliphatic rings. The van der Waals surface area contributed by atoms with Crippen LogP contribution in [-0.2, 0) is 9.53 Å². The molecule has 0 aliphatic carbocycles. The van der Waals surface area contributed by atoms with E-state index in [1.54, 1.807) is 30.3 Å². The fraction of sp³-hybridized carbons (Fsp3) is 0.300. The van der Waals surface area contributed by atoms with E-state index in [0.717, 1.165) is 0 Å². The van der Waals surface area contributed by atoms with E-state index >= 15 is 0 Å². The van der Waals surface area contributed by atoms with Gasteiger partial charge in [-0.25, -0.2) is 13.6 Å². The second-order valence-electron chi connectivity index (χ2n) is 6.41. The van der Waals surface area contributed by atoms with Crippen LogP contribution in [0.5, 0.6) is 0 Å². The quantitative estimate of drug-likeness (QED) is 0.547. The Morgan fingerprint density at radius 2 is 1.74 bits per heavy atom. The number of hydrogen-bond donors (Lipinski definition) is 1. The van der Waals surface area contributed by atoms with E-state index in [-0.39, 0.29) is 17.2 Å². The molecule has 1 amide bonds. The number of halogens is 3. The average Bonchev–Trinajstić information content (AvgIpc) is 2.62. The third-order valence-corrected chi connectivity index (χ3v) is 4.15. The molecule has 4 nitrogen and oxygen atoms in total. The minimum atomic E-state index is -1.21. The largest absolute Gasteiger partial charge is 0.464 e. The zero-order valence-electron chi connectivity index (χ0n) is 15.0. The Bertz CT molecular complexity index is 812. The Kier molecular flexibility index (Phi) is 7.30. The fourth-order valence-corrected chi connectivity index (χ4v) is 2.54. The van der Waals surface area contributed by atoms with Gasteiger partial charge in [0, 0.05) is 0 Å². The first-order valence-electron chi connectivity index (χ1n) is 8.46. The first-order valence-corrected chi connectivity index (χ1v) is 8.84. The maximum absolute atomic E-state index is 13.5. The molecule has 2 aromatic rings.